The number of benzene rings is 1. The number of thiophene rings is 1. The van der Waals surface area contributed by atoms with Gasteiger partial charge in [-0.1, -0.05) is 11.6 Å². The van der Waals surface area contributed by atoms with Crippen molar-refractivity contribution in [2.24, 2.45) is 0 Å². The molecule has 0 amide bonds. The van der Waals surface area contributed by atoms with Gasteiger partial charge < -0.3 is 10.1 Å². The summed E-state index contributed by atoms with van der Waals surface area (Å²) in [6, 6.07) is 8.80. The molecule has 0 saturated carbocycles. The molecule has 0 saturated heterocycles. The second-order valence-corrected chi connectivity index (χ2v) is 5.36. The van der Waals surface area contributed by atoms with Crippen LogP contribution in [0.2, 0.25) is 5.02 Å². The van der Waals surface area contributed by atoms with Gasteiger partial charge in [-0.05, 0) is 24.3 Å². The average molecular weight is 307 g/mol. The third-order valence-electron chi connectivity index (χ3n) is 2.62. The number of hydrogen-bond acceptors (Lipinski definition) is 5. The zero-order valence-corrected chi connectivity index (χ0v) is 12.2. The molecule has 20 heavy (non-hydrogen) atoms. The Morgan fingerprint density at radius 3 is 2.95 bits per heavy atom. The van der Waals surface area contributed by atoms with Crippen LogP contribution in [-0.2, 0) is 11.3 Å². The fraction of sp³-hybridized carbons (Fsp3) is 0.143. The molecule has 2 aromatic rings. The Morgan fingerprint density at radius 2 is 2.30 bits per heavy atom. The van der Waals surface area contributed by atoms with Crippen LogP contribution in [0.3, 0.4) is 0 Å². The minimum absolute atomic E-state index is 0.410. The molecule has 0 fully saturated rings. The fourth-order valence-electron chi connectivity index (χ4n) is 1.62. The molecule has 102 valence electrons. The number of hydrogen-bond donors (Lipinski definition) is 1. The van der Waals surface area contributed by atoms with Crippen molar-refractivity contribution in [1.29, 1.82) is 5.26 Å². The molecular weight excluding hydrogens is 296 g/mol. The predicted octanol–water partition coefficient (Wildman–Crippen LogP) is 3.67. The summed E-state index contributed by atoms with van der Waals surface area (Å²) in [5, 5.41) is 14.2. The molecular formula is C14H11ClN2O2S. The molecule has 0 unspecified atom stereocenters. The van der Waals surface area contributed by atoms with Crippen molar-refractivity contribution in [3.63, 3.8) is 0 Å². The first-order chi connectivity index (χ1) is 9.63. The Labute approximate surface area is 125 Å². The maximum Gasteiger partial charge on any atom is 0.337 e. The number of esters is 1. The van der Waals surface area contributed by atoms with Crippen LogP contribution in [0.1, 0.15) is 20.8 Å². The first-order valence-corrected chi connectivity index (χ1v) is 6.99. The van der Waals surface area contributed by atoms with Crippen LogP contribution in [0, 0.1) is 11.3 Å². The Bertz CT molecular complexity index is 676. The van der Waals surface area contributed by atoms with Crippen LogP contribution >= 0.6 is 22.9 Å². The maximum atomic E-state index is 11.5. The molecule has 1 N–H and O–H groups in total. The lowest BCUT2D eigenvalue weighted by atomic mass is 10.2. The first-order valence-electron chi connectivity index (χ1n) is 5.73. The zero-order valence-electron chi connectivity index (χ0n) is 10.6. The number of nitriles is 1. The number of nitrogens with zero attached hydrogens (tertiary/aromatic N) is 1. The van der Waals surface area contributed by atoms with Crippen LogP contribution in [0.5, 0.6) is 0 Å². The summed E-state index contributed by atoms with van der Waals surface area (Å²) in [4.78, 5) is 12.5. The van der Waals surface area contributed by atoms with E-state index in [0.29, 0.717) is 28.4 Å². The standard InChI is InChI=1S/C14H11ClN2O2S/c1-19-14(18)10-2-3-12(15)13(5-10)17-7-11-4-9(6-16)8-20-11/h2-5,8,17H,7H2,1H3. The summed E-state index contributed by atoms with van der Waals surface area (Å²) in [5.74, 6) is -0.410. The van der Waals surface area contributed by atoms with Gasteiger partial charge in [0, 0.05) is 16.8 Å². The van der Waals surface area contributed by atoms with Crippen molar-refractivity contribution in [1.82, 2.24) is 0 Å². The van der Waals surface area contributed by atoms with E-state index in [-0.39, 0.29) is 0 Å². The van der Waals surface area contributed by atoms with Crippen LogP contribution in [0.25, 0.3) is 0 Å². The predicted molar refractivity (Wildman–Crippen MR) is 79.2 cm³/mol. The molecule has 0 aliphatic rings. The number of methoxy groups -OCH3 is 1. The average Bonchev–Trinajstić information content (AvgIpc) is 2.93. The van der Waals surface area contributed by atoms with E-state index < -0.39 is 5.97 Å². The molecule has 2 rings (SSSR count). The van der Waals surface area contributed by atoms with E-state index in [4.69, 9.17) is 16.9 Å². The van der Waals surface area contributed by atoms with Gasteiger partial charge in [0.15, 0.2) is 0 Å². The number of anilines is 1. The largest absolute Gasteiger partial charge is 0.465 e. The molecule has 4 nitrogen and oxygen atoms in total. The first kappa shape index (κ1) is 14.4. The second-order valence-electron chi connectivity index (χ2n) is 3.95. The third kappa shape index (κ3) is 3.29. The number of halogens is 1. The highest BCUT2D eigenvalue weighted by Crippen LogP contribution is 2.25. The van der Waals surface area contributed by atoms with Gasteiger partial charge in [0.2, 0.25) is 0 Å². The van der Waals surface area contributed by atoms with E-state index in [2.05, 4.69) is 16.1 Å². The van der Waals surface area contributed by atoms with Crippen LogP contribution in [0.4, 0.5) is 5.69 Å². The van der Waals surface area contributed by atoms with Crippen LogP contribution in [-0.4, -0.2) is 13.1 Å². The summed E-state index contributed by atoms with van der Waals surface area (Å²) in [6.07, 6.45) is 0. The monoisotopic (exact) mass is 306 g/mol. The molecule has 0 aliphatic heterocycles. The molecule has 0 atom stereocenters. The third-order valence-corrected chi connectivity index (χ3v) is 3.89. The molecule has 1 aromatic heterocycles. The zero-order chi connectivity index (χ0) is 14.5. The number of carbonyl (C=O) groups excluding carboxylic acids is 1. The lowest BCUT2D eigenvalue weighted by Gasteiger charge is -2.09. The normalized spacial score (nSPS) is 9.85. The Balaban J connectivity index is 2.12. The molecule has 1 heterocycles. The molecule has 0 radical (unpaired) electrons. The highest BCUT2D eigenvalue weighted by atomic mass is 35.5. The molecule has 0 spiro atoms. The summed E-state index contributed by atoms with van der Waals surface area (Å²) in [5.41, 5.74) is 1.73. The van der Waals surface area contributed by atoms with Crippen LogP contribution in [0.15, 0.2) is 29.6 Å². The van der Waals surface area contributed by atoms with E-state index in [1.54, 1.807) is 23.6 Å². The van der Waals surface area contributed by atoms with Crippen molar-refractivity contribution in [3.8, 4) is 6.07 Å². The van der Waals surface area contributed by atoms with E-state index in [9.17, 15) is 4.79 Å². The summed E-state index contributed by atoms with van der Waals surface area (Å²) in [6.45, 7) is 0.538. The lowest BCUT2D eigenvalue weighted by Crippen LogP contribution is -2.04. The van der Waals surface area contributed by atoms with Crippen molar-refractivity contribution in [3.05, 3.63) is 50.7 Å². The van der Waals surface area contributed by atoms with Crippen LogP contribution < -0.4 is 5.32 Å². The Kier molecular flexibility index (Phi) is 4.61. The minimum atomic E-state index is -0.410. The van der Waals surface area contributed by atoms with Crippen molar-refractivity contribution in [2.45, 2.75) is 6.54 Å². The fourth-order valence-corrected chi connectivity index (χ4v) is 2.55. The van der Waals surface area contributed by atoms with Gasteiger partial charge in [-0.2, -0.15) is 5.26 Å². The number of nitrogens with one attached hydrogen (secondary N) is 1. The van der Waals surface area contributed by atoms with Gasteiger partial charge in [-0.15, -0.1) is 11.3 Å². The molecule has 1 aromatic carbocycles. The quantitative estimate of drug-likeness (QED) is 0.875. The van der Waals surface area contributed by atoms with E-state index in [0.717, 1.165) is 4.88 Å². The second kappa shape index (κ2) is 6.42. The summed E-state index contributed by atoms with van der Waals surface area (Å²) in [7, 11) is 1.33. The lowest BCUT2D eigenvalue weighted by molar-refractivity contribution is 0.0601. The van der Waals surface area contributed by atoms with Crippen molar-refractivity contribution in [2.75, 3.05) is 12.4 Å². The Hall–Kier alpha value is -2.03. The number of ether oxygens (including phenoxy) is 1. The van der Waals surface area contributed by atoms with Gasteiger partial charge in [0.05, 0.1) is 28.9 Å². The minimum Gasteiger partial charge on any atom is -0.465 e. The van der Waals surface area contributed by atoms with E-state index in [1.807, 2.05) is 6.07 Å². The van der Waals surface area contributed by atoms with Crippen molar-refractivity contribution >= 4 is 34.6 Å². The molecule has 0 bridgehead atoms. The number of carbonyl (C=O) groups is 1. The summed E-state index contributed by atoms with van der Waals surface area (Å²) >= 11 is 7.57. The van der Waals surface area contributed by atoms with Gasteiger partial charge in [-0.25, -0.2) is 4.79 Å². The van der Waals surface area contributed by atoms with E-state index in [1.165, 1.54) is 18.4 Å². The smallest absolute Gasteiger partial charge is 0.337 e. The SMILES string of the molecule is COC(=O)c1ccc(Cl)c(NCc2cc(C#N)cs2)c1. The van der Waals surface area contributed by atoms with Gasteiger partial charge in [-0.3, -0.25) is 0 Å². The summed E-state index contributed by atoms with van der Waals surface area (Å²) < 4.78 is 4.67. The van der Waals surface area contributed by atoms with Gasteiger partial charge in [0.25, 0.3) is 0 Å². The van der Waals surface area contributed by atoms with E-state index >= 15 is 0 Å². The molecule has 0 aliphatic carbocycles. The highest BCUT2D eigenvalue weighted by molar-refractivity contribution is 7.10. The maximum absolute atomic E-state index is 11.5. The topological polar surface area (TPSA) is 62.1 Å². The number of rotatable bonds is 4. The highest BCUT2D eigenvalue weighted by Gasteiger charge is 2.09. The van der Waals surface area contributed by atoms with Gasteiger partial charge in [0.1, 0.15) is 6.07 Å². The van der Waals surface area contributed by atoms with Crippen molar-refractivity contribution < 1.29 is 9.53 Å². The molecule has 6 heteroatoms. The van der Waals surface area contributed by atoms with Gasteiger partial charge >= 0.3 is 5.97 Å². The Morgan fingerprint density at radius 1 is 1.50 bits per heavy atom.